The molecule has 0 spiro atoms. The van der Waals surface area contributed by atoms with E-state index in [0.29, 0.717) is 5.46 Å². The summed E-state index contributed by atoms with van der Waals surface area (Å²) in [5.74, 6) is 0. The van der Waals surface area contributed by atoms with E-state index >= 15 is 0 Å². The molecule has 72 valence electrons. The van der Waals surface area contributed by atoms with E-state index in [0.717, 1.165) is 12.1 Å². The van der Waals surface area contributed by atoms with Gasteiger partial charge in [-0.1, -0.05) is 36.8 Å². The number of hydrogen-bond acceptors (Lipinski definition) is 3. The number of hydrogen-bond donors (Lipinski definition) is 3. The summed E-state index contributed by atoms with van der Waals surface area (Å²) < 4.78 is 0. The lowest BCUT2D eigenvalue weighted by atomic mass is 9.80. The first-order valence-electron chi connectivity index (χ1n) is 4.24. The predicted molar refractivity (Wildman–Crippen MR) is 55.7 cm³/mol. The minimum atomic E-state index is -1.35. The van der Waals surface area contributed by atoms with Crippen LogP contribution in [0.15, 0.2) is 24.3 Å². The van der Waals surface area contributed by atoms with E-state index in [-0.39, 0.29) is 0 Å². The molecule has 0 atom stereocenters. The van der Waals surface area contributed by atoms with Gasteiger partial charge in [0.2, 0.25) is 0 Å². The fourth-order valence-electron chi connectivity index (χ4n) is 0.739. The zero-order valence-electron chi connectivity index (χ0n) is 8.07. The van der Waals surface area contributed by atoms with Gasteiger partial charge in [0, 0.05) is 0 Å². The minimum absolute atomic E-state index is 0.533. The SMILES string of the molecule is CCN.Cc1ccc(B(O)O)cc1. The van der Waals surface area contributed by atoms with E-state index in [2.05, 4.69) is 0 Å². The Morgan fingerprint density at radius 1 is 1.23 bits per heavy atom. The second kappa shape index (κ2) is 6.66. The molecule has 4 heteroatoms. The Labute approximate surface area is 79.4 Å². The van der Waals surface area contributed by atoms with Crippen LogP contribution in [0.25, 0.3) is 0 Å². The zero-order valence-corrected chi connectivity index (χ0v) is 8.07. The molecule has 0 unspecified atom stereocenters. The Morgan fingerprint density at radius 2 is 1.62 bits per heavy atom. The molecular formula is C9H16BNO2. The summed E-state index contributed by atoms with van der Waals surface area (Å²) in [6, 6.07) is 7.07. The Balaban J connectivity index is 0.000000424. The highest BCUT2D eigenvalue weighted by Crippen LogP contribution is 1.92. The Bertz CT molecular complexity index is 224. The van der Waals surface area contributed by atoms with Gasteiger partial charge in [0.05, 0.1) is 0 Å². The van der Waals surface area contributed by atoms with Gasteiger partial charge in [0.25, 0.3) is 0 Å². The van der Waals surface area contributed by atoms with Crippen molar-refractivity contribution in [3.63, 3.8) is 0 Å². The van der Waals surface area contributed by atoms with Gasteiger partial charge in [-0.15, -0.1) is 0 Å². The van der Waals surface area contributed by atoms with Gasteiger partial charge < -0.3 is 15.8 Å². The predicted octanol–water partition coefficient (Wildman–Crippen LogP) is -0.360. The highest BCUT2D eigenvalue weighted by Gasteiger charge is 2.08. The summed E-state index contributed by atoms with van der Waals surface area (Å²) in [4.78, 5) is 0. The average Bonchev–Trinajstić information content (AvgIpc) is 2.06. The normalized spacial score (nSPS) is 8.69. The Kier molecular flexibility index (Phi) is 6.23. The fraction of sp³-hybridized carbons (Fsp3) is 0.333. The van der Waals surface area contributed by atoms with Crippen LogP contribution in [0.1, 0.15) is 12.5 Å². The van der Waals surface area contributed by atoms with Gasteiger partial charge in [-0.05, 0) is 18.9 Å². The summed E-state index contributed by atoms with van der Waals surface area (Å²) in [6.45, 7) is 4.60. The molecule has 3 nitrogen and oxygen atoms in total. The van der Waals surface area contributed by atoms with Crippen LogP contribution in [0.4, 0.5) is 0 Å². The van der Waals surface area contributed by atoms with Crippen LogP contribution in [0, 0.1) is 6.92 Å². The van der Waals surface area contributed by atoms with Gasteiger partial charge in [-0.2, -0.15) is 0 Å². The first-order chi connectivity index (χ1) is 6.11. The van der Waals surface area contributed by atoms with Crippen molar-refractivity contribution in [3.05, 3.63) is 29.8 Å². The molecule has 13 heavy (non-hydrogen) atoms. The molecule has 1 rings (SSSR count). The van der Waals surface area contributed by atoms with E-state index < -0.39 is 7.12 Å². The molecule has 0 amide bonds. The molecule has 0 radical (unpaired) electrons. The molecule has 0 saturated heterocycles. The van der Waals surface area contributed by atoms with Crippen molar-refractivity contribution in [3.8, 4) is 0 Å². The molecule has 0 aromatic heterocycles. The molecule has 4 N–H and O–H groups in total. The van der Waals surface area contributed by atoms with Crippen molar-refractivity contribution in [2.75, 3.05) is 6.54 Å². The molecule has 0 fully saturated rings. The number of benzene rings is 1. The molecule has 0 bridgehead atoms. The maximum absolute atomic E-state index is 8.67. The van der Waals surface area contributed by atoms with Crippen molar-refractivity contribution in [2.24, 2.45) is 5.73 Å². The van der Waals surface area contributed by atoms with E-state index in [9.17, 15) is 0 Å². The Morgan fingerprint density at radius 3 is 1.92 bits per heavy atom. The van der Waals surface area contributed by atoms with E-state index in [4.69, 9.17) is 15.8 Å². The molecule has 0 aliphatic rings. The largest absolute Gasteiger partial charge is 0.488 e. The van der Waals surface area contributed by atoms with Crippen molar-refractivity contribution in [1.29, 1.82) is 0 Å². The standard InChI is InChI=1S/C7H9BO2.C2H7N/c1-6-2-4-7(5-3-6)8(9)10;1-2-3/h2-5,9-10H,1H3;2-3H2,1H3. The molecule has 0 aliphatic carbocycles. The van der Waals surface area contributed by atoms with Gasteiger partial charge >= 0.3 is 7.12 Å². The molecule has 0 aliphatic heterocycles. The molecule has 0 saturated carbocycles. The van der Waals surface area contributed by atoms with E-state index in [1.807, 2.05) is 26.0 Å². The number of rotatable bonds is 1. The third-order valence-corrected chi connectivity index (χ3v) is 1.38. The quantitative estimate of drug-likeness (QED) is 0.518. The third kappa shape index (κ3) is 5.41. The number of aryl methyl sites for hydroxylation is 1. The molecule has 1 aromatic rings. The van der Waals surface area contributed by atoms with Crippen LogP contribution in [0.3, 0.4) is 0 Å². The zero-order chi connectivity index (χ0) is 10.3. The summed E-state index contributed by atoms with van der Waals surface area (Å²) in [5, 5.41) is 17.3. The first kappa shape index (κ1) is 12.2. The van der Waals surface area contributed by atoms with Crippen LogP contribution in [-0.2, 0) is 0 Å². The van der Waals surface area contributed by atoms with Gasteiger partial charge in [-0.25, -0.2) is 0 Å². The smallest absolute Gasteiger partial charge is 0.423 e. The van der Waals surface area contributed by atoms with E-state index in [1.54, 1.807) is 12.1 Å². The van der Waals surface area contributed by atoms with Crippen LogP contribution >= 0.6 is 0 Å². The van der Waals surface area contributed by atoms with Crippen LogP contribution in [0.2, 0.25) is 0 Å². The maximum atomic E-state index is 8.67. The Hall–Kier alpha value is -0.835. The summed E-state index contributed by atoms with van der Waals surface area (Å²) >= 11 is 0. The monoisotopic (exact) mass is 181 g/mol. The molecule has 0 heterocycles. The van der Waals surface area contributed by atoms with Crippen molar-refractivity contribution < 1.29 is 10.0 Å². The molecular weight excluding hydrogens is 165 g/mol. The van der Waals surface area contributed by atoms with Crippen LogP contribution in [-0.4, -0.2) is 23.7 Å². The summed E-state index contributed by atoms with van der Waals surface area (Å²) in [5.41, 5.74) is 6.50. The topological polar surface area (TPSA) is 66.5 Å². The van der Waals surface area contributed by atoms with Gasteiger partial charge in [-0.3, -0.25) is 0 Å². The highest BCUT2D eigenvalue weighted by molar-refractivity contribution is 6.58. The third-order valence-electron chi connectivity index (χ3n) is 1.38. The fourth-order valence-corrected chi connectivity index (χ4v) is 0.739. The lowest BCUT2D eigenvalue weighted by molar-refractivity contribution is 0.426. The maximum Gasteiger partial charge on any atom is 0.488 e. The minimum Gasteiger partial charge on any atom is -0.423 e. The van der Waals surface area contributed by atoms with Gasteiger partial charge in [0.15, 0.2) is 0 Å². The van der Waals surface area contributed by atoms with E-state index in [1.165, 1.54) is 0 Å². The molecule has 1 aromatic carbocycles. The first-order valence-corrected chi connectivity index (χ1v) is 4.24. The van der Waals surface area contributed by atoms with Crippen molar-refractivity contribution >= 4 is 12.6 Å². The lowest BCUT2D eigenvalue weighted by Gasteiger charge is -1.97. The lowest BCUT2D eigenvalue weighted by Crippen LogP contribution is -2.29. The summed E-state index contributed by atoms with van der Waals surface area (Å²) in [6.07, 6.45) is 0. The van der Waals surface area contributed by atoms with Crippen molar-refractivity contribution in [2.45, 2.75) is 13.8 Å². The second-order valence-electron chi connectivity index (χ2n) is 2.69. The van der Waals surface area contributed by atoms with Crippen molar-refractivity contribution in [1.82, 2.24) is 0 Å². The van der Waals surface area contributed by atoms with Crippen LogP contribution < -0.4 is 11.2 Å². The number of nitrogens with two attached hydrogens (primary N) is 1. The van der Waals surface area contributed by atoms with Crippen LogP contribution in [0.5, 0.6) is 0 Å². The average molecular weight is 181 g/mol. The van der Waals surface area contributed by atoms with Gasteiger partial charge in [0.1, 0.15) is 0 Å². The highest BCUT2D eigenvalue weighted by atomic mass is 16.4. The second-order valence-corrected chi connectivity index (χ2v) is 2.69. The summed E-state index contributed by atoms with van der Waals surface area (Å²) in [7, 11) is -1.35.